The van der Waals surface area contributed by atoms with E-state index in [2.05, 4.69) is 50.9 Å². The van der Waals surface area contributed by atoms with Crippen molar-refractivity contribution in [1.82, 2.24) is 0 Å². The Morgan fingerprint density at radius 2 is 0.600 bits per heavy atom. The molecule has 0 bridgehead atoms. The largest absolute Gasteiger partial charge is 0.239 e. The van der Waals surface area contributed by atoms with E-state index in [0.717, 1.165) is 55.8 Å². The molecule has 9 rings (SSSR count). The van der Waals surface area contributed by atoms with E-state index >= 15 is 0 Å². The molecule has 0 unspecified atom stereocenters. The first-order valence-electron chi connectivity index (χ1n) is 27.7. The van der Waals surface area contributed by atoms with E-state index in [-0.39, 0.29) is 0 Å². The molecule has 0 saturated heterocycles. The van der Waals surface area contributed by atoms with Crippen LogP contribution in [0.25, 0.3) is 38.8 Å². The zero-order chi connectivity index (χ0) is 71.3. The molecule has 0 heterocycles. The average molecular weight is 1230 g/mol. The monoisotopic (exact) mass is 1230 g/mol. The summed E-state index contributed by atoms with van der Waals surface area (Å²) in [5.41, 5.74) is 17.2. The highest BCUT2D eigenvalue weighted by molar-refractivity contribution is 5.70. The molecule has 95 heavy (non-hydrogen) atoms. The van der Waals surface area contributed by atoms with Gasteiger partial charge in [0, 0.05) is 16.7 Å². The Morgan fingerprint density at radius 1 is 0.232 bits per heavy atom. The van der Waals surface area contributed by atoms with Gasteiger partial charge in [0.2, 0.25) is 5.69 Å². The molecule has 0 amide bonds. The third-order valence-corrected chi connectivity index (χ3v) is 12.5. The first-order chi connectivity index (χ1) is 45.6. The normalized spacial score (nSPS) is 8.31. The predicted molar refractivity (Wildman–Crippen MR) is 368 cm³/mol. The summed E-state index contributed by atoms with van der Waals surface area (Å²) in [6.07, 6.45) is 0. The van der Waals surface area contributed by atoms with Crippen LogP contribution >= 0.6 is 0 Å². The highest BCUT2D eigenvalue weighted by Gasteiger charge is 2.07. The molecule has 9 aromatic rings. The van der Waals surface area contributed by atoms with Crippen molar-refractivity contribution in [3.63, 3.8) is 0 Å². The van der Waals surface area contributed by atoms with Crippen molar-refractivity contribution < 1.29 is 0 Å². The van der Waals surface area contributed by atoms with E-state index in [4.69, 9.17) is 94.7 Å². The molecule has 16 nitrogen and oxygen atoms in total. The van der Waals surface area contributed by atoms with Gasteiger partial charge in [0.1, 0.15) is 0 Å². The molecule has 452 valence electrons. The molecule has 0 N–H and O–H groups in total. The maximum atomic E-state index is 8.61. The van der Waals surface area contributed by atoms with Crippen molar-refractivity contribution in [3.8, 4) is 48.6 Å². The van der Waals surface area contributed by atoms with Crippen molar-refractivity contribution in [2.75, 3.05) is 0 Å². The number of nitrogens with zero attached hydrogens (tertiary/aromatic N) is 16. The van der Waals surface area contributed by atoms with Gasteiger partial charge in [-0.3, -0.25) is 0 Å². The van der Waals surface area contributed by atoms with Crippen LogP contribution in [0.4, 0.5) is 45.5 Å². The molecular formula is C79H56N16. The fourth-order valence-corrected chi connectivity index (χ4v) is 7.33. The second kappa shape index (κ2) is 43.4. The highest BCUT2D eigenvalue weighted by atomic mass is 14.7. The standard InChI is InChI=1S/C10H5N3.5C9H6N2.3C8H7N/c1-7-9(12-2)4-8(6-11)5-10(7)13-3;1-7-2-8(5-10)4-9(3-7)6-11;1-7-8(10-2)5-4-6-9(7)11-3;1-7-5-8(6-10)3-4-9(7)11-2;1-7-3-4-8(6-10)5-9(7)11-2;1-7-4-3-5-8(6-10)9(7)11-2;1-7-5-3-4-6-8(7)9-2;1-7-2-4-8(6-9)5-3-7;1-7-3-2-4-8(5-7)6-9/h4-5H,1H3;2-4H,1H3;4-6H,1H3;3*3-5H,1H3;3-6H,1H3;2*2-5H,1H3. The van der Waals surface area contributed by atoms with Gasteiger partial charge in [-0.15, -0.1) is 0 Å². The Morgan fingerprint density at radius 3 is 1.02 bits per heavy atom. The van der Waals surface area contributed by atoms with Crippen LogP contribution in [0.3, 0.4) is 0 Å². The van der Waals surface area contributed by atoms with E-state index in [9.17, 15) is 0 Å². The Balaban J connectivity index is 0.000000535. The summed E-state index contributed by atoms with van der Waals surface area (Å²) >= 11 is 0. The average Bonchev–Trinajstić information content (AvgIpc) is 3.22. The second-order valence-electron chi connectivity index (χ2n) is 19.4. The number of rotatable bonds is 0. The van der Waals surface area contributed by atoms with Crippen LogP contribution in [0.5, 0.6) is 0 Å². The van der Waals surface area contributed by atoms with Crippen molar-refractivity contribution >= 4 is 45.5 Å². The summed E-state index contributed by atoms with van der Waals surface area (Å²) in [5.74, 6) is 0. The quantitative estimate of drug-likeness (QED) is 0.132. The van der Waals surface area contributed by atoms with Gasteiger partial charge in [0.15, 0.2) is 39.8 Å². The lowest BCUT2D eigenvalue weighted by Crippen LogP contribution is -1.81. The summed E-state index contributed by atoms with van der Waals surface area (Å²) in [6.45, 7) is 71.1. The molecular weight excluding hydrogens is 1170 g/mol. The summed E-state index contributed by atoms with van der Waals surface area (Å²) in [7, 11) is 0. The SMILES string of the molecule is Cc1cc(C#N)cc(C#N)c1.Cc1ccc(C#N)cc1.Cc1cccc(C#N)c1.[C-]#[N+]c1c(C)cccc1C#N.[C-]#[N+]c1cc(C#N)cc([N+]#[C-])c1C.[C-]#[N+]c1cc(C#N)ccc1C.[C-]#[N+]c1ccc(C#N)cc1C.[C-]#[N+]c1cccc([N+]#[C-])c1C.[C-]#[N+]c1ccccc1C. The van der Waals surface area contributed by atoms with E-state index < -0.39 is 0 Å². The summed E-state index contributed by atoms with van der Waals surface area (Å²) in [4.78, 5) is 26.2. The fourth-order valence-electron chi connectivity index (χ4n) is 7.33. The minimum Gasteiger partial charge on any atom is -0.239 e. The van der Waals surface area contributed by atoms with Crippen LogP contribution in [-0.2, 0) is 0 Å². The maximum absolute atomic E-state index is 8.61. The molecule has 0 saturated carbocycles. The molecule has 0 aromatic heterocycles. The van der Waals surface area contributed by atoms with Gasteiger partial charge < -0.3 is 0 Å². The molecule has 9 aromatic carbocycles. The first-order valence-corrected chi connectivity index (χ1v) is 27.7. The summed E-state index contributed by atoms with van der Waals surface area (Å²) in [5, 5.41) is 68.0. The third-order valence-electron chi connectivity index (χ3n) is 12.5. The first kappa shape index (κ1) is 77.8. The van der Waals surface area contributed by atoms with Gasteiger partial charge in [-0.2, -0.15) is 42.1 Å². The molecule has 16 heteroatoms. The molecule has 0 radical (unpaired) electrons. The van der Waals surface area contributed by atoms with E-state index in [1.54, 1.807) is 105 Å². The number of para-hydroxylation sites is 2. The Labute approximate surface area is 557 Å². The van der Waals surface area contributed by atoms with Crippen LogP contribution in [0.15, 0.2) is 176 Å². The van der Waals surface area contributed by atoms with Crippen molar-refractivity contribution in [2.45, 2.75) is 62.3 Å². The number of hydrogen-bond donors (Lipinski definition) is 0. The third kappa shape index (κ3) is 27.6. The number of aryl methyl sites for hydroxylation is 7. The zero-order valence-electron chi connectivity index (χ0n) is 53.4. The zero-order valence-corrected chi connectivity index (χ0v) is 53.4. The molecule has 0 spiro atoms. The molecule has 0 atom stereocenters. The van der Waals surface area contributed by atoms with E-state index in [1.807, 2.05) is 158 Å². The smallest absolute Gasteiger partial charge is 0.207 e. The fraction of sp³-hybridized carbons (Fsp3) is 0.114. The van der Waals surface area contributed by atoms with E-state index in [0.29, 0.717) is 78.8 Å². The lowest BCUT2D eigenvalue weighted by Gasteiger charge is -1.99. The van der Waals surface area contributed by atoms with Crippen molar-refractivity contribution in [3.05, 3.63) is 362 Å². The molecule has 0 aliphatic heterocycles. The van der Waals surface area contributed by atoms with Gasteiger partial charge in [0.25, 0.3) is 0 Å². The maximum Gasteiger partial charge on any atom is 0.207 e. The minimum absolute atomic E-state index is 0.364. The number of benzene rings is 9. The van der Waals surface area contributed by atoms with Crippen molar-refractivity contribution in [1.29, 1.82) is 42.1 Å². The van der Waals surface area contributed by atoms with Crippen LogP contribution in [0.2, 0.25) is 0 Å². The van der Waals surface area contributed by atoms with Gasteiger partial charge in [-0.25, -0.2) is 38.8 Å². The summed E-state index contributed by atoms with van der Waals surface area (Å²) < 4.78 is 0. The Hall–Kier alpha value is -15.2. The topological polar surface area (TPSA) is 225 Å². The summed E-state index contributed by atoms with van der Waals surface area (Å²) in [6, 6.07) is 67.2. The number of hydrogen-bond acceptors (Lipinski definition) is 8. The molecule has 0 fully saturated rings. The van der Waals surface area contributed by atoms with E-state index in [1.165, 1.54) is 17.7 Å². The van der Waals surface area contributed by atoms with Crippen molar-refractivity contribution in [2.24, 2.45) is 0 Å². The van der Waals surface area contributed by atoms with Crippen LogP contribution in [0.1, 0.15) is 94.6 Å². The highest BCUT2D eigenvalue weighted by Crippen LogP contribution is 2.31. The Kier molecular flexibility index (Phi) is 35.6. The number of nitriles is 8. The van der Waals surface area contributed by atoms with Gasteiger partial charge >= 0.3 is 0 Å². The van der Waals surface area contributed by atoms with Gasteiger partial charge in [-0.05, 0) is 160 Å². The predicted octanol–water partition coefficient (Wildman–Crippen LogP) is 21.3. The van der Waals surface area contributed by atoms with Gasteiger partial charge in [-0.1, -0.05) is 129 Å². The van der Waals surface area contributed by atoms with Crippen LogP contribution in [-0.4, -0.2) is 0 Å². The molecule has 0 aliphatic carbocycles. The van der Waals surface area contributed by atoms with Crippen LogP contribution < -0.4 is 0 Å². The Bertz CT molecular complexity index is 4800. The molecule has 0 aliphatic rings. The lowest BCUT2D eigenvalue weighted by molar-refractivity contribution is 1.39. The second-order valence-corrected chi connectivity index (χ2v) is 19.4. The van der Waals surface area contributed by atoms with Gasteiger partial charge in [0.05, 0.1) is 129 Å². The van der Waals surface area contributed by atoms with Crippen LogP contribution in [0, 0.1) is 206 Å². The minimum atomic E-state index is 0.364. The lowest BCUT2D eigenvalue weighted by atomic mass is 10.1.